The third-order valence-electron chi connectivity index (χ3n) is 1.46. The van der Waals surface area contributed by atoms with E-state index in [9.17, 15) is 0 Å². The van der Waals surface area contributed by atoms with E-state index in [0.29, 0.717) is 6.61 Å². The molecule has 0 radical (unpaired) electrons. The van der Waals surface area contributed by atoms with Crippen LogP contribution in [0.5, 0.6) is 0 Å². The summed E-state index contributed by atoms with van der Waals surface area (Å²) in [7, 11) is 0. The Bertz CT molecular complexity index is 210. The molecule has 1 aromatic rings. The fourth-order valence-electron chi connectivity index (χ4n) is 0.897. The second-order valence-corrected chi connectivity index (χ2v) is 4.93. The minimum atomic E-state index is 0.312. The molecule has 0 aromatic carbocycles. The summed E-state index contributed by atoms with van der Waals surface area (Å²) in [6.45, 7) is 0.312. The fraction of sp³-hybridized carbons (Fsp3) is 0.500. The number of hydrogen-bond donors (Lipinski definition) is 1. The monoisotopic (exact) mass is 234 g/mol. The maximum Gasteiger partial charge on any atom is 0.0701 e. The van der Waals surface area contributed by atoms with E-state index in [1.54, 1.807) is 11.3 Å². The van der Waals surface area contributed by atoms with Crippen LogP contribution in [0.25, 0.3) is 0 Å². The molecule has 1 aromatic heterocycles. The van der Waals surface area contributed by atoms with Crippen molar-refractivity contribution in [3.63, 3.8) is 0 Å². The first-order chi connectivity index (χ1) is 5.33. The van der Waals surface area contributed by atoms with Crippen LogP contribution in [0.4, 0.5) is 0 Å². The molecule has 0 bridgehead atoms. The first-order valence-corrected chi connectivity index (χ1v) is 5.29. The summed E-state index contributed by atoms with van der Waals surface area (Å²) < 4.78 is 1.19. The van der Waals surface area contributed by atoms with Crippen LogP contribution in [0.3, 0.4) is 0 Å². The van der Waals surface area contributed by atoms with E-state index in [-0.39, 0.29) is 0 Å². The summed E-state index contributed by atoms with van der Waals surface area (Å²) in [6.07, 6.45) is 3.09. The molecule has 0 aliphatic carbocycles. The van der Waals surface area contributed by atoms with Crippen LogP contribution in [-0.4, -0.2) is 11.7 Å². The van der Waals surface area contributed by atoms with Crippen LogP contribution >= 0.6 is 27.3 Å². The Hall–Kier alpha value is 0.140. The van der Waals surface area contributed by atoms with Gasteiger partial charge in [-0.2, -0.15) is 0 Å². The lowest BCUT2D eigenvalue weighted by Gasteiger charge is -1.93. The van der Waals surface area contributed by atoms with Crippen molar-refractivity contribution >= 4 is 27.3 Å². The Balaban J connectivity index is 2.27. The zero-order chi connectivity index (χ0) is 8.10. The molecule has 0 atom stereocenters. The van der Waals surface area contributed by atoms with E-state index in [0.717, 1.165) is 19.3 Å². The number of aliphatic hydroxyl groups is 1. The predicted octanol–water partition coefficient (Wildman–Crippen LogP) is 2.83. The number of aliphatic hydroxyl groups excluding tert-OH is 1. The highest BCUT2D eigenvalue weighted by atomic mass is 79.9. The minimum absolute atomic E-state index is 0.312. The first kappa shape index (κ1) is 9.23. The maximum atomic E-state index is 8.54. The Morgan fingerprint density at radius 3 is 2.73 bits per heavy atom. The predicted molar refractivity (Wildman–Crippen MR) is 52.0 cm³/mol. The van der Waals surface area contributed by atoms with Gasteiger partial charge in [-0.25, -0.2) is 0 Å². The van der Waals surface area contributed by atoms with Crippen molar-refractivity contribution in [2.24, 2.45) is 0 Å². The molecule has 3 heteroatoms. The standard InChI is InChI=1S/C8H11BrOS/c9-8-5-4-7(11-8)3-1-2-6-10/h4-5,10H,1-3,6H2. The third kappa shape index (κ3) is 3.36. The molecule has 0 spiro atoms. The molecule has 0 fully saturated rings. The molecule has 11 heavy (non-hydrogen) atoms. The molecule has 0 saturated heterocycles. The Morgan fingerprint density at radius 1 is 1.36 bits per heavy atom. The van der Waals surface area contributed by atoms with Crippen LogP contribution in [0.1, 0.15) is 17.7 Å². The molecular weight excluding hydrogens is 224 g/mol. The molecule has 0 aliphatic rings. The summed E-state index contributed by atoms with van der Waals surface area (Å²) in [5, 5.41) is 8.54. The minimum Gasteiger partial charge on any atom is -0.396 e. The Labute approximate surface area is 79.2 Å². The van der Waals surface area contributed by atoms with Gasteiger partial charge in [0.25, 0.3) is 0 Å². The molecular formula is C8H11BrOS. The highest BCUT2D eigenvalue weighted by Crippen LogP contribution is 2.23. The quantitative estimate of drug-likeness (QED) is 0.795. The number of aryl methyl sites for hydroxylation is 1. The molecule has 1 N–H and O–H groups in total. The summed E-state index contributed by atoms with van der Waals surface area (Å²) >= 11 is 5.18. The molecule has 1 nitrogen and oxygen atoms in total. The molecule has 0 amide bonds. The average Bonchev–Trinajstić information content (AvgIpc) is 2.37. The Kier molecular flexibility index (Phi) is 4.12. The van der Waals surface area contributed by atoms with Crippen molar-refractivity contribution in [3.8, 4) is 0 Å². The van der Waals surface area contributed by atoms with Gasteiger partial charge in [0.05, 0.1) is 3.79 Å². The lowest BCUT2D eigenvalue weighted by molar-refractivity contribution is 0.285. The van der Waals surface area contributed by atoms with Gasteiger partial charge in [-0.05, 0) is 47.3 Å². The molecule has 62 valence electrons. The van der Waals surface area contributed by atoms with Gasteiger partial charge in [0, 0.05) is 11.5 Å². The van der Waals surface area contributed by atoms with E-state index in [1.807, 2.05) is 0 Å². The molecule has 0 aliphatic heterocycles. The van der Waals surface area contributed by atoms with E-state index >= 15 is 0 Å². The zero-order valence-electron chi connectivity index (χ0n) is 6.22. The van der Waals surface area contributed by atoms with Crippen LogP contribution in [0.15, 0.2) is 15.9 Å². The van der Waals surface area contributed by atoms with Gasteiger partial charge in [0.2, 0.25) is 0 Å². The van der Waals surface area contributed by atoms with Gasteiger partial charge in [-0.1, -0.05) is 0 Å². The van der Waals surface area contributed by atoms with E-state index in [1.165, 1.54) is 8.66 Å². The van der Waals surface area contributed by atoms with Crippen molar-refractivity contribution in [2.45, 2.75) is 19.3 Å². The van der Waals surface area contributed by atoms with Crippen molar-refractivity contribution < 1.29 is 5.11 Å². The highest BCUT2D eigenvalue weighted by Gasteiger charge is 1.96. The second-order valence-electron chi connectivity index (χ2n) is 2.39. The SMILES string of the molecule is OCCCCc1ccc(Br)s1. The van der Waals surface area contributed by atoms with Gasteiger partial charge < -0.3 is 5.11 Å². The molecule has 0 saturated carbocycles. The first-order valence-electron chi connectivity index (χ1n) is 3.68. The molecule has 1 heterocycles. The molecule has 1 rings (SSSR count). The normalized spacial score (nSPS) is 10.4. The van der Waals surface area contributed by atoms with E-state index < -0.39 is 0 Å². The van der Waals surface area contributed by atoms with Gasteiger partial charge in [-0.15, -0.1) is 11.3 Å². The van der Waals surface area contributed by atoms with Gasteiger partial charge in [0.1, 0.15) is 0 Å². The average molecular weight is 235 g/mol. The summed E-state index contributed by atoms with van der Waals surface area (Å²) in [5.74, 6) is 0. The lowest BCUT2D eigenvalue weighted by Crippen LogP contribution is -1.84. The number of unbranched alkanes of at least 4 members (excludes halogenated alkanes) is 1. The Morgan fingerprint density at radius 2 is 2.18 bits per heavy atom. The lowest BCUT2D eigenvalue weighted by atomic mass is 10.2. The largest absolute Gasteiger partial charge is 0.396 e. The summed E-state index contributed by atoms with van der Waals surface area (Å²) in [5.41, 5.74) is 0. The van der Waals surface area contributed by atoms with E-state index in [4.69, 9.17) is 5.11 Å². The topological polar surface area (TPSA) is 20.2 Å². The van der Waals surface area contributed by atoms with E-state index in [2.05, 4.69) is 28.1 Å². The van der Waals surface area contributed by atoms with Crippen molar-refractivity contribution in [2.75, 3.05) is 6.61 Å². The maximum absolute atomic E-state index is 8.54. The smallest absolute Gasteiger partial charge is 0.0701 e. The van der Waals surface area contributed by atoms with Gasteiger partial charge in [-0.3, -0.25) is 0 Å². The number of hydrogen-bond acceptors (Lipinski definition) is 2. The van der Waals surface area contributed by atoms with Crippen LogP contribution in [0.2, 0.25) is 0 Å². The summed E-state index contributed by atoms with van der Waals surface area (Å²) in [4.78, 5) is 1.39. The third-order valence-corrected chi connectivity index (χ3v) is 3.14. The van der Waals surface area contributed by atoms with Crippen LogP contribution in [0, 0.1) is 0 Å². The van der Waals surface area contributed by atoms with Gasteiger partial charge in [0.15, 0.2) is 0 Å². The second kappa shape index (κ2) is 4.91. The zero-order valence-corrected chi connectivity index (χ0v) is 8.62. The van der Waals surface area contributed by atoms with Gasteiger partial charge >= 0.3 is 0 Å². The number of halogens is 1. The van der Waals surface area contributed by atoms with Crippen LogP contribution < -0.4 is 0 Å². The van der Waals surface area contributed by atoms with Crippen molar-refractivity contribution in [1.29, 1.82) is 0 Å². The number of thiophene rings is 1. The van der Waals surface area contributed by atoms with Crippen molar-refractivity contribution in [3.05, 3.63) is 20.8 Å². The summed E-state index contributed by atoms with van der Waals surface area (Å²) in [6, 6.07) is 4.20. The fourth-order valence-corrected chi connectivity index (χ4v) is 2.42. The number of rotatable bonds is 4. The van der Waals surface area contributed by atoms with Crippen molar-refractivity contribution in [1.82, 2.24) is 0 Å². The highest BCUT2D eigenvalue weighted by molar-refractivity contribution is 9.11. The molecule has 0 unspecified atom stereocenters. The van der Waals surface area contributed by atoms with Crippen LogP contribution in [-0.2, 0) is 6.42 Å².